The van der Waals surface area contributed by atoms with Crippen LogP contribution < -0.4 is 4.90 Å². The molecule has 0 atom stereocenters. The molecule has 2 rings (SSSR count). The molecule has 0 fully saturated rings. The van der Waals surface area contributed by atoms with Crippen molar-refractivity contribution in [1.29, 1.82) is 0 Å². The van der Waals surface area contributed by atoms with Crippen molar-refractivity contribution in [2.24, 2.45) is 0 Å². The van der Waals surface area contributed by atoms with E-state index in [-0.39, 0.29) is 17.3 Å². The second kappa shape index (κ2) is 4.87. The quantitative estimate of drug-likeness (QED) is 0.822. The maximum Gasteiger partial charge on any atom is 0.202 e. The third kappa shape index (κ3) is 2.32. The van der Waals surface area contributed by atoms with E-state index in [4.69, 9.17) is 0 Å². The van der Waals surface area contributed by atoms with Crippen LogP contribution in [0.2, 0.25) is 0 Å². The minimum atomic E-state index is -0.193. The topological polar surface area (TPSA) is 57.6 Å². The largest absolute Gasteiger partial charge is 0.508 e. The maximum atomic E-state index is 11.8. The zero-order valence-electron chi connectivity index (χ0n) is 9.96. The van der Waals surface area contributed by atoms with Gasteiger partial charge in [-0.25, -0.2) is 0 Å². The number of allylic oxidation sites excluding steroid dienone is 3. The number of phenolic OH excluding ortho intramolecular Hbond substituents is 1. The van der Waals surface area contributed by atoms with Crippen molar-refractivity contribution in [1.82, 2.24) is 0 Å². The van der Waals surface area contributed by atoms with Crippen LogP contribution in [0.4, 0.5) is 5.69 Å². The third-order valence-electron chi connectivity index (χ3n) is 2.70. The number of likely N-dealkylation sites (N-methyl/N-ethyl adjacent to an activating group) is 1. The van der Waals surface area contributed by atoms with Gasteiger partial charge in [-0.3, -0.25) is 9.59 Å². The lowest BCUT2D eigenvalue weighted by Crippen LogP contribution is -2.28. The predicted molar refractivity (Wildman–Crippen MR) is 68.4 cm³/mol. The van der Waals surface area contributed by atoms with Crippen LogP contribution in [0, 0.1) is 0 Å². The van der Waals surface area contributed by atoms with Gasteiger partial charge in [0.25, 0.3) is 0 Å². The number of hydrogen-bond acceptors (Lipinski definition) is 4. The van der Waals surface area contributed by atoms with Crippen LogP contribution in [0.25, 0.3) is 0 Å². The molecule has 1 aliphatic carbocycles. The summed E-state index contributed by atoms with van der Waals surface area (Å²) < 4.78 is 0. The second-order valence-electron chi connectivity index (χ2n) is 3.89. The third-order valence-corrected chi connectivity index (χ3v) is 2.70. The first-order chi connectivity index (χ1) is 8.61. The Kier molecular flexibility index (Phi) is 3.28. The van der Waals surface area contributed by atoms with E-state index in [9.17, 15) is 14.7 Å². The summed E-state index contributed by atoms with van der Waals surface area (Å²) in [5.74, 6) is -0.221. The highest BCUT2D eigenvalue weighted by molar-refractivity contribution is 6.18. The summed E-state index contributed by atoms with van der Waals surface area (Å²) in [6.07, 6.45) is 3.87. The first kappa shape index (κ1) is 12.1. The molecule has 0 unspecified atom stereocenters. The van der Waals surface area contributed by atoms with Gasteiger partial charge in [-0.1, -0.05) is 0 Å². The second-order valence-corrected chi connectivity index (χ2v) is 3.89. The van der Waals surface area contributed by atoms with E-state index in [0.29, 0.717) is 12.2 Å². The van der Waals surface area contributed by atoms with Crippen molar-refractivity contribution in [2.45, 2.75) is 6.92 Å². The van der Waals surface area contributed by atoms with Gasteiger partial charge in [0.1, 0.15) is 5.75 Å². The lowest BCUT2D eigenvalue weighted by molar-refractivity contribution is -0.114. The highest BCUT2D eigenvalue weighted by Crippen LogP contribution is 2.23. The van der Waals surface area contributed by atoms with Crippen molar-refractivity contribution < 1.29 is 14.7 Å². The minimum absolute atomic E-state index is 0.162. The standard InChI is InChI=1S/C14H13NO3/c1-2-15(10-3-5-11(16)6-4-10)13-9-12(17)7-8-14(13)18/h3-9,16H,2H2,1H3. The van der Waals surface area contributed by atoms with Gasteiger partial charge in [-0.2, -0.15) is 0 Å². The molecule has 4 nitrogen and oxygen atoms in total. The zero-order valence-corrected chi connectivity index (χ0v) is 9.96. The molecule has 18 heavy (non-hydrogen) atoms. The van der Waals surface area contributed by atoms with Gasteiger partial charge in [0.15, 0.2) is 5.78 Å². The van der Waals surface area contributed by atoms with E-state index in [2.05, 4.69) is 0 Å². The Morgan fingerprint density at radius 1 is 1.11 bits per heavy atom. The van der Waals surface area contributed by atoms with Gasteiger partial charge >= 0.3 is 0 Å². The summed E-state index contributed by atoms with van der Waals surface area (Å²) in [5.41, 5.74) is 1.12. The van der Waals surface area contributed by atoms with Crippen molar-refractivity contribution in [2.75, 3.05) is 11.4 Å². The lowest BCUT2D eigenvalue weighted by Gasteiger charge is -2.25. The molecular formula is C14H13NO3. The first-order valence-corrected chi connectivity index (χ1v) is 5.66. The van der Waals surface area contributed by atoms with E-state index < -0.39 is 0 Å². The molecule has 0 aromatic heterocycles. The maximum absolute atomic E-state index is 11.8. The van der Waals surface area contributed by atoms with Crippen molar-refractivity contribution >= 4 is 17.3 Å². The summed E-state index contributed by atoms with van der Waals surface area (Å²) in [6.45, 7) is 2.45. The summed E-state index contributed by atoms with van der Waals surface area (Å²) in [6, 6.07) is 6.50. The highest BCUT2D eigenvalue weighted by atomic mass is 16.3. The van der Waals surface area contributed by atoms with Gasteiger partial charge < -0.3 is 10.0 Å². The predicted octanol–water partition coefficient (Wildman–Crippen LogP) is 1.81. The number of aromatic hydroxyl groups is 1. The Morgan fingerprint density at radius 3 is 2.39 bits per heavy atom. The Bertz CT molecular complexity index is 541. The summed E-state index contributed by atoms with van der Waals surface area (Å²) in [5, 5.41) is 9.25. The number of carbonyl (C=O) groups excluding carboxylic acids is 2. The smallest absolute Gasteiger partial charge is 0.202 e. The molecule has 0 heterocycles. The van der Waals surface area contributed by atoms with Crippen LogP contribution in [-0.2, 0) is 9.59 Å². The monoisotopic (exact) mass is 243 g/mol. The molecule has 1 aliphatic rings. The van der Waals surface area contributed by atoms with Crippen LogP contribution >= 0.6 is 0 Å². The van der Waals surface area contributed by atoms with Gasteiger partial charge in [0, 0.05) is 18.3 Å². The number of nitrogens with zero attached hydrogens (tertiary/aromatic N) is 1. The molecule has 0 saturated heterocycles. The summed E-state index contributed by atoms with van der Waals surface area (Å²) in [7, 11) is 0. The molecule has 0 radical (unpaired) electrons. The molecule has 4 heteroatoms. The molecule has 1 aromatic rings. The SMILES string of the molecule is CCN(C1=CC(=O)C=CC1=O)c1ccc(O)cc1. The number of hydrogen-bond donors (Lipinski definition) is 1. The van der Waals surface area contributed by atoms with E-state index in [1.807, 2.05) is 6.92 Å². The normalized spacial score (nSPS) is 14.6. The summed E-state index contributed by atoms with van der Waals surface area (Å²) >= 11 is 0. The van der Waals surface area contributed by atoms with E-state index in [1.54, 1.807) is 29.2 Å². The number of benzene rings is 1. The summed E-state index contributed by atoms with van der Waals surface area (Å²) in [4.78, 5) is 24.9. The fourth-order valence-corrected chi connectivity index (χ4v) is 1.83. The van der Waals surface area contributed by atoms with E-state index in [1.165, 1.54) is 18.2 Å². The Morgan fingerprint density at radius 2 is 1.78 bits per heavy atom. The minimum Gasteiger partial charge on any atom is -0.508 e. The molecule has 0 aliphatic heterocycles. The van der Waals surface area contributed by atoms with Crippen LogP contribution in [-0.4, -0.2) is 23.2 Å². The Balaban J connectivity index is 2.37. The number of anilines is 1. The molecule has 92 valence electrons. The van der Waals surface area contributed by atoms with Crippen LogP contribution in [0.15, 0.2) is 48.2 Å². The molecule has 1 N–H and O–H groups in total. The molecule has 0 bridgehead atoms. The number of phenols is 1. The van der Waals surface area contributed by atoms with Crippen LogP contribution in [0.1, 0.15) is 6.92 Å². The highest BCUT2D eigenvalue weighted by Gasteiger charge is 2.19. The Labute approximate surface area is 105 Å². The average molecular weight is 243 g/mol. The van der Waals surface area contributed by atoms with Gasteiger partial charge in [-0.15, -0.1) is 0 Å². The number of ketones is 2. The van der Waals surface area contributed by atoms with Gasteiger partial charge in [0.2, 0.25) is 5.78 Å². The Hall–Kier alpha value is -2.36. The molecule has 0 amide bonds. The van der Waals surface area contributed by atoms with Crippen molar-refractivity contribution in [3.8, 4) is 5.75 Å². The lowest BCUT2D eigenvalue weighted by atomic mass is 10.1. The van der Waals surface area contributed by atoms with Crippen molar-refractivity contribution in [3.05, 3.63) is 48.2 Å². The van der Waals surface area contributed by atoms with Gasteiger partial charge in [-0.05, 0) is 43.3 Å². The average Bonchev–Trinajstić information content (AvgIpc) is 2.37. The number of carbonyl (C=O) groups is 2. The van der Waals surface area contributed by atoms with E-state index in [0.717, 1.165) is 5.69 Å². The van der Waals surface area contributed by atoms with Gasteiger partial charge in [0.05, 0.1) is 5.70 Å². The fraction of sp³-hybridized carbons (Fsp3) is 0.143. The molecule has 1 aromatic carbocycles. The molecule has 0 saturated carbocycles. The zero-order chi connectivity index (χ0) is 13.1. The van der Waals surface area contributed by atoms with Crippen LogP contribution in [0.5, 0.6) is 5.75 Å². The van der Waals surface area contributed by atoms with Crippen LogP contribution in [0.3, 0.4) is 0 Å². The first-order valence-electron chi connectivity index (χ1n) is 5.66. The van der Waals surface area contributed by atoms with E-state index >= 15 is 0 Å². The number of rotatable bonds is 3. The fourth-order valence-electron chi connectivity index (χ4n) is 1.83. The molecule has 0 spiro atoms. The van der Waals surface area contributed by atoms with Crippen molar-refractivity contribution in [3.63, 3.8) is 0 Å². The molecular weight excluding hydrogens is 230 g/mol.